The molecule has 9 heteroatoms. The van der Waals surface area contributed by atoms with Gasteiger partial charge in [0.15, 0.2) is 12.4 Å². The molecule has 0 bridgehead atoms. The van der Waals surface area contributed by atoms with Crippen LogP contribution in [0.15, 0.2) is 78.9 Å². The first-order chi connectivity index (χ1) is 19.4. The van der Waals surface area contributed by atoms with Gasteiger partial charge in [-0.3, -0.25) is 14.4 Å². The van der Waals surface area contributed by atoms with E-state index in [1.54, 1.807) is 54.6 Å². The van der Waals surface area contributed by atoms with Gasteiger partial charge in [-0.1, -0.05) is 31.5 Å². The van der Waals surface area contributed by atoms with Crippen molar-refractivity contribution in [1.82, 2.24) is 0 Å². The minimum absolute atomic E-state index is 0.0463. The first-order valence-corrected chi connectivity index (χ1v) is 13.0. The van der Waals surface area contributed by atoms with Gasteiger partial charge in [-0.25, -0.2) is 9.59 Å². The van der Waals surface area contributed by atoms with Crippen molar-refractivity contribution in [3.05, 3.63) is 95.6 Å². The molecule has 1 aliphatic rings. The predicted molar refractivity (Wildman–Crippen MR) is 145 cm³/mol. The van der Waals surface area contributed by atoms with E-state index in [4.69, 9.17) is 14.2 Å². The Morgan fingerprint density at radius 1 is 0.800 bits per heavy atom. The number of rotatable bonds is 11. The molecule has 3 aromatic rings. The highest BCUT2D eigenvalue weighted by Crippen LogP contribution is 2.26. The van der Waals surface area contributed by atoms with E-state index in [0.717, 1.165) is 12.8 Å². The topological polar surface area (TPSA) is 116 Å². The number of Topliss-reactive ketones (excluding diaryl/α,β-unsaturated/α-hetero) is 1. The molecule has 0 spiro atoms. The molecule has 0 aliphatic carbocycles. The summed E-state index contributed by atoms with van der Waals surface area (Å²) in [5.74, 6) is -2.73. The minimum Gasteiger partial charge on any atom is -0.462 e. The van der Waals surface area contributed by atoms with Crippen molar-refractivity contribution in [2.75, 3.05) is 24.7 Å². The summed E-state index contributed by atoms with van der Waals surface area (Å²) in [6, 6.07) is 20.9. The van der Waals surface area contributed by atoms with E-state index < -0.39 is 36.2 Å². The van der Waals surface area contributed by atoms with Crippen LogP contribution in [0.4, 0.5) is 5.69 Å². The summed E-state index contributed by atoms with van der Waals surface area (Å²) in [7, 11) is 0. The average Bonchev–Trinajstić information content (AvgIpc) is 3.38. The number of ether oxygens (including phenoxy) is 3. The van der Waals surface area contributed by atoms with Gasteiger partial charge in [-0.05, 0) is 67.1 Å². The summed E-state index contributed by atoms with van der Waals surface area (Å²) in [6.07, 6.45) is 1.66. The number of benzene rings is 3. The van der Waals surface area contributed by atoms with Gasteiger partial charge < -0.3 is 19.1 Å². The van der Waals surface area contributed by atoms with Gasteiger partial charge in [0.2, 0.25) is 5.91 Å². The van der Waals surface area contributed by atoms with Crippen molar-refractivity contribution < 1.29 is 38.2 Å². The molecule has 206 valence electrons. The number of carbonyl (C=O) groups is 5. The van der Waals surface area contributed by atoms with Gasteiger partial charge >= 0.3 is 17.9 Å². The van der Waals surface area contributed by atoms with Crippen LogP contribution >= 0.6 is 0 Å². The number of nitrogens with zero attached hydrogens (tertiary/aromatic N) is 1. The van der Waals surface area contributed by atoms with Crippen molar-refractivity contribution in [3.8, 4) is 5.75 Å². The Kier molecular flexibility index (Phi) is 9.40. The lowest BCUT2D eigenvalue weighted by Crippen LogP contribution is -2.27. The number of hydrogen-bond acceptors (Lipinski definition) is 8. The van der Waals surface area contributed by atoms with Crippen LogP contribution in [0, 0.1) is 5.92 Å². The monoisotopic (exact) mass is 543 g/mol. The van der Waals surface area contributed by atoms with E-state index in [1.807, 2.05) is 6.92 Å². The summed E-state index contributed by atoms with van der Waals surface area (Å²) in [6.45, 7) is 1.97. The molecule has 4 rings (SSSR count). The van der Waals surface area contributed by atoms with E-state index in [2.05, 4.69) is 0 Å². The Labute approximate surface area is 231 Å². The molecule has 40 heavy (non-hydrogen) atoms. The predicted octanol–water partition coefficient (Wildman–Crippen LogP) is 4.64. The van der Waals surface area contributed by atoms with Crippen LogP contribution in [0.3, 0.4) is 0 Å². The number of hydrogen-bond donors (Lipinski definition) is 0. The fraction of sp³-hybridized carbons (Fsp3) is 0.258. The molecule has 0 saturated carbocycles. The molecule has 1 fully saturated rings. The fourth-order valence-corrected chi connectivity index (χ4v) is 4.07. The summed E-state index contributed by atoms with van der Waals surface area (Å²) in [5, 5.41) is 0. The third kappa shape index (κ3) is 7.19. The van der Waals surface area contributed by atoms with E-state index in [0.29, 0.717) is 23.4 Å². The van der Waals surface area contributed by atoms with Gasteiger partial charge in [0.25, 0.3) is 0 Å². The lowest BCUT2D eigenvalue weighted by molar-refractivity contribution is -0.147. The molecule has 1 saturated heterocycles. The molecule has 1 amide bonds. The second-order valence-electron chi connectivity index (χ2n) is 9.25. The number of carbonyl (C=O) groups excluding carboxylic acids is 5. The maximum absolute atomic E-state index is 12.6. The maximum Gasteiger partial charge on any atom is 0.343 e. The van der Waals surface area contributed by atoms with E-state index in [1.165, 1.54) is 29.2 Å². The number of anilines is 1. The summed E-state index contributed by atoms with van der Waals surface area (Å²) in [4.78, 5) is 63.4. The third-order valence-corrected chi connectivity index (χ3v) is 6.35. The second kappa shape index (κ2) is 13.3. The van der Waals surface area contributed by atoms with E-state index in [9.17, 15) is 24.0 Å². The van der Waals surface area contributed by atoms with Gasteiger partial charge in [0, 0.05) is 24.2 Å². The standard InChI is InChI=1S/C31H29NO8/c1-2-3-17-38-29(35)23-9-13-25(14-10-23)32-19-24(18-28(32)34)30(36)39-20-27(33)21-11-15-26(16-12-21)40-31(37)22-7-5-4-6-8-22/h4-16,24H,2-3,17-20H2,1H3/t24-/m1/s1. The van der Waals surface area contributed by atoms with Crippen LogP contribution < -0.4 is 9.64 Å². The number of ketones is 1. The van der Waals surface area contributed by atoms with Crippen LogP contribution in [-0.4, -0.2) is 49.4 Å². The molecule has 0 aromatic heterocycles. The van der Waals surface area contributed by atoms with Crippen LogP contribution in [0.25, 0.3) is 0 Å². The Balaban J connectivity index is 1.26. The molecular weight excluding hydrogens is 514 g/mol. The number of amides is 1. The van der Waals surface area contributed by atoms with Crippen molar-refractivity contribution in [3.63, 3.8) is 0 Å². The minimum atomic E-state index is -0.723. The largest absolute Gasteiger partial charge is 0.462 e. The number of esters is 3. The molecule has 1 aliphatic heterocycles. The highest BCUT2D eigenvalue weighted by atomic mass is 16.5. The molecule has 1 atom stereocenters. The molecule has 0 N–H and O–H groups in total. The van der Waals surface area contributed by atoms with Crippen LogP contribution in [0.5, 0.6) is 5.75 Å². The van der Waals surface area contributed by atoms with Crippen LogP contribution in [0.1, 0.15) is 57.3 Å². The highest BCUT2D eigenvalue weighted by Gasteiger charge is 2.36. The van der Waals surface area contributed by atoms with E-state index >= 15 is 0 Å². The zero-order valence-electron chi connectivity index (χ0n) is 22.0. The second-order valence-corrected chi connectivity index (χ2v) is 9.25. The summed E-state index contributed by atoms with van der Waals surface area (Å²) < 4.78 is 15.7. The van der Waals surface area contributed by atoms with Crippen molar-refractivity contribution >= 4 is 35.3 Å². The summed E-state index contributed by atoms with van der Waals surface area (Å²) >= 11 is 0. The Hall–Kier alpha value is -4.79. The Morgan fingerprint density at radius 3 is 2.12 bits per heavy atom. The molecule has 9 nitrogen and oxygen atoms in total. The van der Waals surface area contributed by atoms with Gasteiger partial charge in [-0.2, -0.15) is 0 Å². The van der Waals surface area contributed by atoms with Gasteiger partial charge in [0.05, 0.1) is 23.7 Å². The first kappa shape index (κ1) is 28.2. The SMILES string of the molecule is CCCCOC(=O)c1ccc(N2C[C@H](C(=O)OCC(=O)c3ccc(OC(=O)c4ccccc4)cc3)CC2=O)cc1. The van der Waals surface area contributed by atoms with Gasteiger partial charge in [-0.15, -0.1) is 0 Å². The Bertz CT molecular complexity index is 1370. The zero-order chi connectivity index (χ0) is 28.5. The van der Waals surface area contributed by atoms with Crippen molar-refractivity contribution in [2.24, 2.45) is 5.92 Å². The quantitative estimate of drug-likeness (QED) is 0.149. The van der Waals surface area contributed by atoms with Crippen LogP contribution in [0.2, 0.25) is 0 Å². The smallest absolute Gasteiger partial charge is 0.343 e. The van der Waals surface area contributed by atoms with Gasteiger partial charge in [0.1, 0.15) is 5.75 Å². The van der Waals surface area contributed by atoms with Crippen molar-refractivity contribution in [1.29, 1.82) is 0 Å². The Morgan fingerprint density at radius 2 is 1.45 bits per heavy atom. The zero-order valence-corrected chi connectivity index (χ0v) is 22.0. The third-order valence-electron chi connectivity index (χ3n) is 6.35. The molecule has 0 radical (unpaired) electrons. The molecule has 1 heterocycles. The lowest BCUT2D eigenvalue weighted by atomic mass is 10.1. The molecule has 3 aromatic carbocycles. The molecule has 0 unspecified atom stereocenters. The average molecular weight is 544 g/mol. The highest BCUT2D eigenvalue weighted by molar-refractivity contribution is 6.01. The van der Waals surface area contributed by atoms with Crippen LogP contribution in [-0.2, 0) is 19.1 Å². The van der Waals surface area contributed by atoms with E-state index in [-0.39, 0.29) is 30.2 Å². The summed E-state index contributed by atoms with van der Waals surface area (Å²) in [5.41, 5.74) is 1.61. The molecular formula is C31H29NO8. The lowest BCUT2D eigenvalue weighted by Gasteiger charge is -2.17. The number of unbranched alkanes of at least 4 members (excludes halogenated alkanes) is 1. The van der Waals surface area contributed by atoms with Crippen molar-refractivity contribution in [2.45, 2.75) is 26.2 Å². The fourth-order valence-electron chi connectivity index (χ4n) is 4.07. The normalized spacial score (nSPS) is 14.5. The first-order valence-electron chi connectivity index (χ1n) is 13.0. The maximum atomic E-state index is 12.6.